The number of thioether (sulfide) groups is 1. The molecule has 0 radical (unpaired) electrons. The number of nitrogens with zero attached hydrogens (tertiary/aromatic N) is 2. The smallest absolute Gasteiger partial charge is 0.236 e. The van der Waals surface area contributed by atoms with Gasteiger partial charge >= 0.3 is 0 Å². The predicted octanol–water partition coefficient (Wildman–Crippen LogP) is 3.59. The molecule has 0 bridgehead atoms. The third-order valence-electron chi connectivity index (χ3n) is 3.43. The number of amidine groups is 1. The van der Waals surface area contributed by atoms with E-state index >= 15 is 0 Å². The van der Waals surface area contributed by atoms with Crippen LogP contribution in [-0.2, 0) is 11.4 Å². The van der Waals surface area contributed by atoms with Gasteiger partial charge in [0, 0.05) is 10.0 Å². The number of ether oxygens (including phenoxy) is 2. The zero-order chi connectivity index (χ0) is 18.4. The van der Waals surface area contributed by atoms with Crippen LogP contribution in [-0.4, -0.2) is 30.2 Å². The van der Waals surface area contributed by atoms with Crippen LogP contribution in [0.1, 0.15) is 11.1 Å². The van der Waals surface area contributed by atoms with Crippen molar-refractivity contribution in [2.24, 2.45) is 10.2 Å². The number of benzene rings is 2. The van der Waals surface area contributed by atoms with E-state index < -0.39 is 0 Å². The first-order valence-corrected chi connectivity index (χ1v) is 9.51. The van der Waals surface area contributed by atoms with Crippen molar-refractivity contribution in [3.63, 3.8) is 0 Å². The standard InChI is InChI=1S/C18H16BrN3O3S/c1-24-15-7-3-5-13(9-20-22-18-21-16(23)11-26-18)17(15)25-10-12-4-2-6-14(19)8-12/h2-9H,10-11H2,1H3,(H,21,22,23). The minimum absolute atomic E-state index is 0.0663. The van der Waals surface area contributed by atoms with E-state index in [1.54, 1.807) is 13.3 Å². The minimum Gasteiger partial charge on any atom is -0.493 e. The first kappa shape index (κ1) is 18.5. The van der Waals surface area contributed by atoms with Crippen molar-refractivity contribution in [3.05, 3.63) is 58.1 Å². The molecule has 6 nitrogen and oxygen atoms in total. The summed E-state index contributed by atoms with van der Waals surface area (Å²) in [6.45, 7) is 0.390. The van der Waals surface area contributed by atoms with E-state index in [4.69, 9.17) is 9.47 Å². The number of nitrogens with one attached hydrogen (secondary N) is 1. The van der Waals surface area contributed by atoms with Crippen LogP contribution in [0.25, 0.3) is 0 Å². The Morgan fingerprint density at radius 3 is 2.88 bits per heavy atom. The van der Waals surface area contributed by atoms with Gasteiger partial charge in [-0.25, -0.2) is 0 Å². The Kier molecular flexibility index (Phi) is 6.30. The lowest BCUT2D eigenvalue weighted by Gasteiger charge is -2.13. The Bertz CT molecular complexity index is 871. The number of halogens is 1. The van der Waals surface area contributed by atoms with E-state index in [0.29, 0.717) is 29.0 Å². The molecule has 1 aliphatic rings. The van der Waals surface area contributed by atoms with Gasteiger partial charge in [-0.15, -0.1) is 5.10 Å². The van der Waals surface area contributed by atoms with Crippen LogP contribution in [0.5, 0.6) is 11.5 Å². The molecule has 1 aliphatic heterocycles. The molecule has 0 unspecified atom stereocenters. The first-order valence-electron chi connectivity index (χ1n) is 7.73. The second kappa shape index (κ2) is 8.86. The number of hydrogen-bond acceptors (Lipinski definition) is 6. The quantitative estimate of drug-likeness (QED) is 0.557. The molecule has 1 saturated heterocycles. The molecule has 0 saturated carbocycles. The summed E-state index contributed by atoms with van der Waals surface area (Å²) in [6.07, 6.45) is 1.58. The van der Waals surface area contributed by atoms with Gasteiger partial charge in [-0.3, -0.25) is 4.79 Å². The maximum absolute atomic E-state index is 11.2. The Morgan fingerprint density at radius 1 is 1.31 bits per heavy atom. The molecular weight excluding hydrogens is 418 g/mol. The van der Waals surface area contributed by atoms with E-state index in [2.05, 4.69) is 31.4 Å². The molecule has 1 N–H and O–H groups in total. The molecule has 1 amide bonds. The largest absolute Gasteiger partial charge is 0.493 e. The summed E-state index contributed by atoms with van der Waals surface area (Å²) in [5, 5.41) is 11.2. The zero-order valence-electron chi connectivity index (χ0n) is 13.9. The normalized spacial score (nSPS) is 15.5. The molecular formula is C18H16BrN3O3S. The lowest BCUT2D eigenvalue weighted by molar-refractivity contribution is -0.116. The number of hydrogen-bond donors (Lipinski definition) is 1. The van der Waals surface area contributed by atoms with Gasteiger partial charge in [0.25, 0.3) is 0 Å². The third kappa shape index (κ3) is 4.86. The SMILES string of the molecule is COc1cccc(C=NN=C2NC(=O)CS2)c1OCc1cccc(Br)c1. The maximum Gasteiger partial charge on any atom is 0.236 e. The van der Waals surface area contributed by atoms with Gasteiger partial charge < -0.3 is 14.8 Å². The monoisotopic (exact) mass is 433 g/mol. The molecule has 1 heterocycles. The van der Waals surface area contributed by atoms with Gasteiger partial charge in [0.15, 0.2) is 16.7 Å². The fraction of sp³-hybridized carbons (Fsp3) is 0.167. The molecule has 8 heteroatoms. The number of carbonyl (C=O) groups excluding carboxylic acids is 1. The lowest BCUT2D eigenvalue weighted by Crippen LogP contribution is -2.19. The number of para-hydroxylation sites is 1. The number of methoxy groups -OCH3 is 1. The van der Waals surface area contributed by atoms with Crippen molar-refractivity contribution in [1.29, 1.82) is 0 Å². The number of carbonyl (C=O) groups is 1. The van der Waals surface area contributed by atoms with Crippen molar-refractivity contribution >= 4 is 45.0 Å². The summed E-state index contributed by atoms with van der Waals surface area (Å²) in [5.74, 6) is 1.50. The Hall–Kier alpha value is -2.32. The summed E-state index contributed by atoms with van der Waals surface area (Å²) in [4.78, 5) is 11.2. The molecule has 26 heavy (non-hydrogen) atoms. The second-order valence-electron chi connectivity index (χ2n) is 5.28. The van der Waals surface area contributed by atoms with Gasteiger partial charge in [0.1, 0.15) is 6.61 Å². The lowest BCUT2D eigenvalue weighted by atomic mass is 10.2. The molecule has 2 aromatic carbocycles. The van der Waals surface area contributed by atoms with E-state index in [1.165, 1.54) is 11.8 Å². The highest BCUT2D eigenvalue weighted by molar-refractivity contribution is 9.10. The van der Waals surface area contributed by atoms with E-state index in [9.17, 15) is 4.79 Å². The number of amides is 1. The van der Waals surface area contributed by atoms with Gasteiger partial charge in [-0.05, 0) is 29.8 Å². The Labute approximate surface area is 163 Å². The summed E-state index contributed by atoms with van der Waals surface area (Å²) < 4.78 is 12.4. The van der Waals surface area contributed by atoms with Crippen LogP contribution in [0.4, 0.5) is 0 Å². The molecule has 134 valence electrons. The van der Waals surface area contributed by atoms with Gasteiger partial charge in [-0.1, -0.05) is 45.9 Å². The second-order valence-corrected chi connectivity index (χ2v) is 7.16. The summed E-state index contributed by atoms with van der Waals surface area (Å²) in [6, 6.07) is 13.4. The van der Waals surface area contributed by atoms with Crippen molar-refractivity contribution in [2.45, 2.75) is 6.61 Å². The van der Waals surface area contributed by atoms with Crippen LogP contribution >= 0.6 is 27.7 Å². The van der Waals surface area contributed by atoms with Crippen molar-refractivity contribution in [2.75, 3.05) is 12.9 Å². The molecule has 0 atom stereocenters. The highest BCUT2D eigenvalue weighted by Gasteiger charge is 2.16. The molecule has 2 aromatic rings. The highest BCUT2D eigenvalue weighted by atomic mass is 79.9. The van der Waals surface area contributed by atoms with Gasteiger partial charge in [0.2, 0.25) is 5.91 Å². The van der Waals surface area contributed by atoms with E-state index in [1.807, 2.05) is 42.5 Å². The number of rotatable bonds is 6. The van der Waals surface area contributed by atoms with Crippen LogP contribution in [0.3, 0.4) is 0 Å². The van der Waals surface area contributed by atoms with Crippen LogP contribution < -0.4 is 14.8 Å². The minimum atomic E-state index is -0.0663. The zero-order valence-corrected chi connectivity index (χ0v) is 16.3. The third-order valence-corrected chi connectivity index (χ3v) is 4.79. The summed E-state index contributed by atoms with van der Waals surface area (Å²) in [5.41, 5.74) is 1.76. The molecule has 0 aliphatic carbocycles. The Morgan fingerprint density at radius 2 is 2.15 bits per heavy atom. The average molecular weight is 434 g/mol. The topological polar surface area (TPSA) is 72.3 Å². The fourth-order valence-corrected chi connectivity index (χ4v) is 3.33. The van der Waals surface area contributed by atoms with Gasteiger partial charge in [0.05, 0.1) is 19.1 Å². The molecule has 3 rings (SSSR count). The van der Waals surface area contributed by atoms with Crippen molar-refractivity contribution in [3.8, 4) is 11.5 Å². The summed E-state index contributed by atoms with van der Waals surface area (Å²) >= 11 is 4.78. The van der Waals surface area contributed by atoms with Crippen LogP contribution in [0, 0.1) is 0 Å². The van der Waals surface area contributed by atoms with E-state index in [-0.39, 0.29) is 5.91 Å². The summed E-state index contributed by atoms with van der Waals surface area (Å²) in [7, 11) is 1.59. The average Bonchev–Trinajstić information content (AvgIpc) is 3.05. The van der Waals surface area contributed by atoms with Crippen LogP contribution in [0.2, 0.25) is 0 Å². The van der Waals surface area contributed by atoms with Crippen molar-refractivity contribution in [1.82, 2.24) is 5.32 Å². The molecule has 0 aromatic heterocycles. The molecule has 1 fully saturated rings. The van der Waals surface area contributed by atoms with E-state index in [0.717, 1.165) is 15.6 Å². The predicted molar refractivity (Wildman–Crippen MR) is 107 cm³/mol. The molecule has 0 spiro atoms. The highest BCUT2D eigenvalue weighted by Crippen LogP contribution is 2.31. The maximum atomic E-state index is 11.2. The first-order chi connectivity index (χ1) is 12.7. The fourth-order valence-electron chi connectivity index (χ4n) is 2.25. The van der Waals surface area contributed by atoms with Crippen molar-refractivity contribution < 1.29 is 14.3 Å². The van der Waals surface area contributed by atoms with Gasteiger partial charge in [-0.2, -0.15) is 5.10 Å². The van der Waals surface area contributed by atoms with Crippen LogP contribution in [0.15, 0.2) is 57.1 Å². The Balaban J connectivity index is 1.78.